The van der Waals surface area contributed by atoms with E-state index in [1.165, 1.54) is 4.57 Å². The van der Waals surface area contributed by atoms with E-state index in [0.717, 1.165) is 12.0 Å². The minimum absolute atomic E-state index is 0.0925. The predicted molar refractivity (Wildman–Crippen MR) is 135 cm³/mol. The van der Waals surface area contributed by atoms with E-state index >= 15 is 0 Å². The SMILES string of the molecule is CCc1ccc2c(c1)c(-c1ccc3c(c1)OCO3)c(C(=O)O)c(=O)n2Cc1cc(OC)ccc1OC. The van der Waals surface area contributed by atoms with E-state index in [0.29, 0.717) is 50.6 Å². The number of carboxylic acid groups (broad SMARTS) is 1. The van der Waals surface area contributed by atoms with Crippen molar-refractivity contribution < 1.29 is 28.8 Å². The number of aromatic nitrogens is 1. The number of aryl methyl sites for hydroxylation is 1. The maximum Gasteiger partial charge on any atom is 0.342 e. The zero-order valence-electron chi connectivity index (χ0n) is 20.2. The fourth-order valence-electron chi connectivity index (χ4n) is 4.61. The van der Waals surface area contributed by atoms with Gasteiger partial charge in [0.05, 0.1) is 26.3 Å². The van der Waals surface area contributed by atoms with Crippen LogP contribution in [0.15, 0.2) is 59.4 Å². The first-order chi connectivity index (χ1) is 17.4. The summed E-state index contributed by atoms with van der Waals surface area (Å²) in [5.74, 6) is 0.953. The van der Waals surface area contributed by atoms with Crippen LogP contribution in [0.4, 0.5) is 0 Å². The molecule has 5 rings (SSSR count). The Labute approximate surface area is 207 Å². The van der Waals surface area contributed by atoms with Crippen LogP contribution in [0.1, 0.15) is 28.4 Å². The van der Waals surface area contributed by atoms with Crippen molar-refractivity contribution in [1.82, 2.24) is 4.57 Å². The Morgan fingerprint density at radius 3 is 2.53 bits per heavy atom. The summed E-state index contributed by atoms with van der Waals surface area (Å²) in [6.45, 7) is 2.22. The topological polar surface area (TPSA) is 96.2 Å². The average Bonchev–Trinajstić information content (AvgIpc) is 3.37. The van der Waals surface area contributed by atoms with Crippen molar-refractivity contribution >= 4 is 16.9 Å². The van der Waals surface area contributed by atoms with Crippen LogP contribution in [0.2, 0.25) is 0 Å². The first kappa shape index (κ1) is 23.3. The fourth-order valence-corrected chi connectivity index (χ4v) is 4.61. The van der Waals surface area contributed by atoms with Crippen molar-refractivity contribution in [3.8, 4) is 34.1 Å². The number of ether oxygens (including phenoxy) is 4. The Morgan fingerprint density at radius 1 is 1.00 bits per heavy atom. The highest BCUT2D eigenvalue weighted by Crippen LogP contribution is 2.39. The number of hydrogen-bond donors (Lipinski definition) is 1. The third kappa shape index (κ3) is 3.90. The highest BCUT2D eigenvalue weighted by molar-refractivity contribution is 6.06. The Kier molecular flexibility index (Phi) is 6.01. The summed E-state index contributed by atoms with van der Waals surface area (Å²) in [7, 11) is 3.10. The largest absolute Gasteiger partial charge is 0.497 e. The first-order valence-electron chi connectivity index (χ1n) is 11.5. The second kappa shape index (κ2) is 9.30. The van der Waals surface area contributed by atoms with Gasteiger partial charge in [-0.1, -0.05) is 19.1 Å². The maximum atomic E-state index is 13.8. The second-order valence-electron chi connectivity index (χ2n) is 8.40. The number of aromatic carboxylic acids is 1. The molecule has 8 heteroatoms. The Hall–Kier alpha value is -4.46. The van der Waals surface area contributed by atoms with Crippen molar-refractivity contribution in [2.75, 3.05) is 21.0 Å². The normalized spacial score (nSPS) is 12.1. The molecule has 36 heavy (non-hydrogen) atoms. The van der Waals surface area contributed by atoms with Crippen LogP contribution in [-0.4, -0.2) is 36.7 Å². The smallest absolute Gasteiger partial charge is 0.342 e. The van der Waals surface area contributed by atoms with Crippen molar-refractivity contribution in [3.05, 3.63) is 81.6 Å². The molecule has 1 N–H and O–H groups in total. The number of pyridine rings is 1. The average molecular weight is 488 g/mol. The molecule has 0 amide bonds. The van der Waals surface area contributed by atoms with Gasteiger partial charge in [-0.3, -0.25) is 4.79 Å². The molecule has 0 unspecified atom stereocenters. The lowest BCUT2D eigenvalue weighted by molar-refractivity contribution is 0.0695. The number of hydrogen-bond acceptors (Lipinski definition) is 6. The molecule has 0 fully saturated rings. The Morgan fingerprint density at radius 2 is 1.81 bits per heavy atom. The zero-order valence-corrected chi connectivity index (χ0v) is 20.2. The summed E-state index contributed by atoms with van der Waals surface area (Å²) < 4.78 is 23.3. The maximum absolute atomic E-state index is 13.8. The molecule has 1 aromatic heterocycles. The quantitative estimate of drug-likeness (QED) is 0.403. The van der Waals surface area contributed by atoms with E-state index < -0.39 is 11.5 Å². The third-order valence-corrected chi connectivity index (χ3v) is 6.43. The number of fused-ring (bicyclic) bond motifs is 2. The number of carbonyl (C=O) groups is 1. The summed E-state index contributed by atoms with van der Waals surface area (Å²) in [4.78, 5) is 26.4. The summed E-state index contributed by atoms with van der Waals surface area (Å²) in [5, 5.41) is 10.9. The molecular weight excluding hydrogens is 462 g/mol. The second-order valence-corrected chi connectivity index (χ2v) is 8.40. The Balaban J connectivity index is 1.82. The van der Waals surface area contributed by atoms with Gasteiger partial charge in [0.25, 0.3) is 5.56 Å². The Bertz CT molecular complexity index is 1550. The number of benzene rings is 3. The van der Waals surface area contributed by atoms with Crippen LogP contribution in [0.3, 0.4) is 0 Å². The van der Waals surface area contributed by atoms with Gasteiger partial charge in [-0.05, 0) is 60.0 Å². The van der Waals surface area contributed by atoms with Gasteiger partial charge in [0, 0.05) is 16.5 Å². The highest BCUT2D eigenvalue weighted by atomic mass is 16.7. The minimum Gasteiger partial charge on any atom is -0.497 e. The molecule has 0 saturated heterocycles. The predicted octanol–water partition coefficient (Wildman–Crippen LogP) is 4.72. The lowest BCUT2D eigenvalue weighted by atomic mass is 9.94. The molecule has 1 aliphatic rings. The summed E-state index contributed by atoms with van der Waals surface area (Å²) >= 11 is 0. The number of nitrogens with zero attached hydrogens (tertiary/aromatic N) is 1. The zero-order chi connectivity index (χ0) is 25.4. The molecule has 0 radical (unpaired) electrons. The van der Waals surface area contributed by atoms with Gasteiger partial charge in [0.2, 0.25) is 6.79 Å². The van der Waals surface area contributed by atoms with Crippen molar-refractivity contribution in [2.24, 2.45) is 0 Å². The molecule has 0 saturated carbocycles. The van der Waals surface area contributed by atoms with Crippen LogP contribution >= 0.6 is 0 Å². The molecular formula is C28H25NO7. The molecule has 0 bridgehead atoms. The lowest BCUT2D eigenvalue weighted by Crippen LogP contribution is -2.28. The van der Waals surface area contributed by atoms with Crippen molar-refractivity contribution in [2.45, 2.75) is 19.9 Å². The van der Waals surface area contributed by atoms with E-state index in [9.17, 15) is 14.7 Å². The fraction of sp³-hybridized carbons (Fsp3) is 0.214. The third-order valence-electron chi connectivity index (χ3n) is 6.43. The van der Waals surface area contributed by atoms with Gasteiger partial charge in [-0.2, -0.15) is 0 Å². The van der Waals surface area contributed by atoms with Gasteiger partial charge in [-0.25, -0.2) is 4.79 Å². The van der Waals surface area contributed by atoms with Gasteiger partial charge in [0.15, 0.2) is 11.5 Å². The molecule has 4 aromatic rings. The highest BCUT2D eigenvalue weighted by Gasteiger charge is 2.25. The number of rotatable bonds is 7. The molecule has 0 atom stereocenters. The molecule has 0 spiro atoms. The first-order valence-corrected chi connectivity index (χ1v) is 11.5. The van der Waals surface area contributed by atoms with E-state index in [1.54, 1.807) is 50.6 Å². The molecule has 1 aliphatic heterocycles. The lowest BCUT2D eigenvalue weighted by Gasteiger charge is -2.19. The van der Waals surface area contributed by atoms with E-state index in [4.69, 9.17) is 18.9 Å². The number of carboxylic acids is 1. The van der Waals surface area contributed by atoms with Crippen LogP contribution in [-0.2, 0) is 13.0 Å². The van der Waals surface area contributed by atoms with E-state index in [-0.39, 0.29) is 18.9 Å². The van der Waals surface area contributed by atoms with Gasteiger partial charge in [-0.15, -0.1) is 0 Å². The summed E-state index contributed by atoms with van der Waals surface area (Å²) in [5.41, 5.74) is 2.31. The van der Waals surface area contributed by atoms with E-state index in [2.05, 4.69) is 0 Å². The van der Waals surface area contributed by atoms with Gasteiger partial charge >= 0.3 is 5.97 Å². The van der Waals surface area contributed by atoms with E-state index in [1.807, 2.05) is 25.1 Å². The molecule has 8 nitrogen and oxygen atoms in total. The van der Waals surface area contributed by atoms with Gasteiger partial charge < -0.3 is 28.6 Å². The monoisotopic (exact) mass is 487 g/mol. The standard InChI is InChI=1S/C28H25NO7/c1-4-16-5-8-21-20(11-16)25(17-6-9-23-24(13-17)36-15-35-23)26(28(31)32)27(30)29(21)14-18-12-19(33-2)7-10-22(18)34-3/h5-13H,4,14-15H2,1-3H3,(H,31,32). The molecule has 184 valence electrons. The molecule has 3 aromatic carbocycles. The van der Waals surface area contributed by atoms with Gasteiger partial charge in [0.1, 0.15) is 17.1 Å². The molecule has 2 heterocycles. The summed E-state index contributed by atoms with van der Waals surface area (Å²) in [6.07, 6.45) is 0.752. The minimum atomic E-state index is -1.30. The van der Waals surface area contributed by atoms with Crippen LogP contribution in [0, 0.1) is 0 Å². The van der Waals surface area contributed by atoms with Crippen LogP contribution in [0.25, 0.3) is 22.0 Å². The summed E-state index contributed by atoms with van der Waals surface area (Å²) in [6, 6.07) is 16.3. The van der Waals surface area contributed by atoms with Crippen molar-refractivity contribution in [3.63, 3.8) is 0 Å². The number of methoxy groups -OCH3 is 2. The molecule has 0 aliphatic carbocycles. The van der Waals surface area contributed by atoms with Crippen LogP contribution in [0.5, 0.6) is 23.0 Å². The van der Waals surface area contributed by atoms with Crippen LogP contribution < -0.4 is 24.5 Å². The van der Waals surface area contributed by atoms with Crippen molar-refractivity contribution in [1.29, 1.82) is 0 Å².